The summed E-state index contributed by atoms with van der Waals surface area (Å²) in [5, 5.41) is 2.83. The second-order valence-corrected chi connectivity index (χ2v) is 4.36. The molecule has 0 aromatic heterocycles. The topological polar surface area (TPSA) is 38.3 Å². The van der Waals surface area contributed by atoms with E-state index in [1.807, 2.05) is 0 Å². The van der Waals surface area contributed by atoms with E-state index in [0.717, 1.165) is 5.56 Å². The molecule has 0 saturated heterocycles. The monoisotopic (exact) mass is 273 g/mol. The Morgan fingerprint density at radius 3 is 2.35 bits per heavy atom. The molecule has 0 aliphatic heterocycles. The lowest BCUT2D eigenvalue weighted by molar-refractivity contribution is 0.0954. The van der Waals surface area contributed by atoms with E-state index in [1.165, 1.54) is 12.1 Å². The second kappa shape index (κ2) is 6.70. The van der Waals surface area contributed by atoms with Gasteiger partial charge in [-0.1, -0.05) is 12.1 Å². The largest absolute Gasteiger partial charge is 0.497 e. The summed E-state index contributed by atoms with van der Waals surface area (Å²) in [6.45, 7) is 0.510. The molecule has 0 heterocycles. The average molecular weight is 273 g/mol. The van der Waals surface area contributed by atoms with Crippen molar-refractivity contribution in [3.63, 3.8) is 0 Å². The Bertz CT molecular complexity index is 564. The van der Waals surface area contributed by atoms with Crippen LogP contribution in [0.3, 0.4) is 0 Å². The highest BCUT2D eigenvalue weighted by Gasteiger charge is 2.04. The van der Waals surface area contributed by atoms with E-state index in [9.17, 15) is 9.18 Å². The van der Waals surface area contributed by atoms with Crippen LogP contribution in [0.1, 0.15) is 15.9 Å². The molecule has 0 radical (unpaired) electrons. The number of methoxy groups -OCH3 is 1. The summed E-state index contributed by atoms with van der Waals surface area (Å²) in [6.07, 6.45) is 0.669. The smallest absolute Gasteiger partial charge is 0.251 e. The standard InChI is InChI=1S/C16H16FNO2/c1-20-15-8-4-13(5-9-15)16(19)18-11-10-12-2-6-14(17)7-3-12/h2-9H,10-11H2,1H3,(H,18,19). The fourth-order valence-corrected chi connectivity index (χ4v) is 1.82. The number of carbonyl (C=O) groups excluding carboxylic acids is 1. The van der Waals surface area contributed by atoms with Crippen LogP contribution in [-0.4, -0.2) is 19.6 Å². The maximum Gasteiger partial charge on any atom is 0.251 e. The van der Waals surface area contributed by atoms with Crippen molar-refractivity contribution in [2.45, 2.75) is 6.42 Å². The molecule has 4 heteroatoms. The van der Waals surface area contributed by atoms with Gasteiger partial charge in [0.15, 0.2) is 0 Å². The molecule has 2 aromatic rings. The van der Waals surface area contributed by atoms with Crippen molar-refractivity contribution in [2.24, 2.45) is 0 Å². The van der Waals surface area contributed by atoms with Crippen LogP contribution in [0.4, 0.5) is 4.39 Å². The predicted octanol–water partition coefficient (Wildman–Crippen LogP) is 2.81. The number of hydrogen-bond acceptors (Lipinski definition) is 2. The Labute approximate surface area is 117 Å². The van der Waals surface area contributed by atoms with Gasteiger partial charge in [-0.2, -0.15) is 0 Å². The number of amides is 1. The minimum atomic E-state index is -0.254. The van der Waals surface area contributed by atoms with Gasteiger partial charge in [-0.25, -0.2) is 4.39 Å². The van der Waals surface area contributed by atoms with Gasteiger partial charge < -0.3 is 10.1 Å². The summed E-state index contributed by atoms with van der Waals surface area (Å²) >= 11 is 0. The molecular weight excluding hydrogens is 257 g/mol. The summed E-state index contributed by atoms with van der Waals surface area (Å²) in [5.74, 6) is 0.332. The zero-order valence-electron chi connectivity index (χ0n) is 11.2. The minimum Gasteiger partial charge on any atom is -0.497 e. The van der Waals surface area contributed by atoms with Crippen LogP contribution in [0.25, 0.3) is 0 Å². The van der Waals surface area contributed by atoms with Gasteiger partial charge in [-0.05, 0) is 48.4 Å². The Morgan fingerprint density at radius 2 is 1.75 bits per heavy atom. The average Bonchev–Trinajstić information content (AvgIpc) is 2.49. The number of benzene rings is 2. The molecule has 0 unspecified atom stereocenters. The van der Waals surface area contributed by atoms with Crippen LogP contribution in [-0.2, 0) is 6.42 Å². The van der Waals surface area contributed by atoms with Gasteiger partial charge in [0.05, 0.1) is 7.11 Å². The maximum atomic E-state index is 12.7. The van der Waals surface area contributed by atoms with Crippen molar-refractivity contribution in [1.29, 1.82) is 0 Å². The third-order valence-corrected chi connectivity index (χ3v) is 2.96. The van der Waals surface area contributed by atoms with Crippen LogP contribution in [0.2, 0.25) is 0 Å². The highest BCUT2D eigenvalue weighted by atomic mass is 19.1. The lowest BCUT2D eigenvalue weighted by Crippen LogP contribution is -2.25. The number of ether oxygens (including phenoxy) is 1. The second-order valence-electron chi connectivity index (χ2n) is 4.36. The zero-order chi connectivity index (χ0) is 14.4. The molecular formula is C16H16FNO2. The lowest BCUT2D eigenvalue weighted by atomic mass is 10.1. The summed E-state index contributed by atoms with van der Waals surface area (Å²) in [7, 11) is 1.58. The minimum absolute atomic E-state index is 0.130. The van der Waals surface area contributed by atoms with Gasteiger partial charge in [0, 0.05) is 12.1 Å². The van der Waals surface area contributed by atoms with E-state index in [-0.39, 0.29) is 11.7 Å². The highest BCUT2D eigenvalue weighted by molar-refractivity contribution is 5.94. The van der Waals surface area contributed by atoms with E-state index >= 15 is 0 Å². The normalized spacial score (nSPS) is 10.1. The van der Waals surface area contributed by atoms with Crippen molar-refractivity contribution in [2.75, 3.05) is 13.7 Å². The first-order chi connectivity index (χ1) is 9.69. The number of halogens is 1. The van der Waals surface area contributed by atoms with Gasteiger partial charge in [0.2, 0.25) is 0 Å². The van der Waals surface area contributed by atoms with Crippen molar-refractivity contribution in [1.82, 2.24) is 5.32 Å². The molecule has 104 valence electrons. The first kappa shape index (κ1) is 14.1. The fourth-order valence-electron chi connectivity index (χ4n) is 1.82. The van der Waals surface area contributed by atoms with Crippen LogP contribution in [0.15, 0.2) is 48.5 Å². The summed E-state index contributed by atoms with van der Waals surface area (Å²) < 4.78 is 17.8. The van der Waals surface area contributed by atoms with E-state index in [2.05, 4.69) is 5.32 Å². The van der Waals surface area contributed by atoms with E-state index < -0.39 is 0 Å². The molecule has 2 aromatic carbocycles. The first-order valence-corrected chi connectivity index (χ1v) is 6.36. The number of nitrogens with one attached hydrogen (secondary N) is 1. The Balaban J connectivity index is 1.83. The molecule has 0 aliphatic carbocycles. The maximum absolute atomic E-state index is 12.7. The van der Waals surface area contributed by atoms with Crippen LogP contribution < -0.4 is 10.1 Å². The van der Waals surface area contributed by atoms with Crippen LogP contribution in [0, 0.1) is 5.82 Å². The molecule has 20 heavy (non-hydrogen) atoms. The first-order valence-electron chi connectivity index (χ1n) is 6.36. The fraction of sp³-hybridized carbons (Fsp3) is 0.188. The zero-order valence-corrected chi connectivity index (χ0v) is 11.2. The third kappa shape index (κ3) is 3.82. The van der Waals surface area contributed by atoms with E-state index in [1.54, 1.807) is 43.5 Å². The molecule has 0 fully saturated rings. The SMILES string of the molecule is COc1ccc(C(=O)NCCc2ccc(F)cc2)cc1. The summed E-state index contributed by atoms with van der Waals surface area (Å²) in [4.78, 5) is 11.9. The molecule has 0 atom stereocenters. The summed E-state index contributed by atoms with van der Waals surface area (Å²) in [6, 6.07) is 13.2. The van der Waals surface area contributed by atoms with E-state index in [0.29, 0.717) is 24.3 Å². The number of rotatable bonds is 5. The van der Waals surface area contributed by atoms with Crippen molar-refractivity contribution in [3.05, 3.63) is 65.5 Å². The predicted molar refractivity (Wildman–Crippen MR) is 75.4 cm³/mol. The lowest BCUT2D eigenvalue weighted by Gasteiger charge is -2.06. The Morgan fingerprint density at radius 1 is 1.10 bits per heavy atom. The molecule has 0 saturated carbocycles. The quantitative estimate of drug-likeness (QED) is 0.909. The Kier molecular flexibility index (Phi) is 4.71. The van der Waals surface area contributed by atoms with Crippen molar-refractivity contribution >= 4 is 5.91 Å². The van der Waals surface area contributed by atoms with Gasteiger partial charge >= 0.3 is 0 Å². The van der Waals surface area contributed by atoms with Gasteiger partial charge in [-0.15, -0.1) is 0 Å². The van der Waals surface area contributed by atoms with Crippen LogP contribution in [0.5, 0.6) is 5.75 Å². The number of carbonyl (C=O) groups is 1. The van der Waals surface area contributed by atoms with Gasteiger partial charge in [0.25, 0.3) is 5.91 Å². The molecule has 0 bridgehead atoms. The van der Waals surface area contributed by atoms with Crippen molar-refractivity contribution < 1.29 is 13.9 Å². The molecule has 0 aliphatic rings. The molecule has 1 N–H and O–H groups in total. The highest BCUT2D eigenvalue weighted by Crippen LogP contribution is 2.11. The van der Waals surface area contributed by atoms with E-state index in [4.69, 9.17) is 4.74 Å². The Hall–Kier alpha value is -2.36. The van der Waals surface area contributed by atoms with Crippen molar-refractivity contribution in [3.8, 4) is 5.75 Å². The molecule has 0 spiro atoms. The third-order valence-electron chi connectivity index (χ3n) is 2.96. The number of hydrogen-bond donors (Lipinski definition) is 1. The molecule has 3 nitrogen and oxygen atoms in total. The molecule has 1 amide bonds. The van der Waals surface area contributed by atoms with Gasteiger partial charge in [-0.3, -0.25) is 4.79 Å². The van der Waals surface area contributed by atoms with Gasteiger partial charge in [0.1, 0.15) is 11.6 Å². The summed E-state index contributed by atoms with van der Waals surface area (Å²) in [5.41, 5.74) is 1.58. The van der Waals surface area contributed by atoms with Crippen LogP contribution >= 0.6 is 0 Å². The molecule has 2 rings (SSSR count).